The van der Waals surface area contributed by atoms with Crippen LogP contribution in [0.5, 0.6) is 0 Å². The molecule has 0 spiro atoms. The van der Waals surface area contributed by atoms with Crippen molar-refractivity contribution >= 4 is 27.5 Å². The molecule has 0 radical (unpaired) electrons. The maximum Gasteiger partial charge on any atom is 0.268 e. The number of hydrogen-bond donors (Lipinski definition) is 2. The van der Waals surface area contributed by atoms with Crippen LogP contribution in [-0.4, -0.2) is 32.8 Å². The highest BCUT2D eigenvalue weighted by molar-refractivity contribution is 7.17. The fraction of sp³-hybridized carbons (Fsp3) is 0.200. The van der Waals surface area contributed by atoms with Crippen LogP contribution in [0.25, 0.3) is 10.2 Å². The van der Waals surface area contributed by atoms with Gasteiger partial charge in [0, 0.05) is 12.7 Å². The molecule has 0 fully saturated rings. The Bertz CT molecular complexity index is 1000. The largest absolute Gasteiger partial charge is 0.334 e. The number of amides is 1. The highest BCUT2D eigenvalue weighted by atomic mass is 32.1. The van der Waals surface area contributed by atoms with Crippen molar-refractivity contribution in [2.75, 3.05) is 7.05 Å². The first kappa shape index (κ1) is 15.2. The Morgan fingerprint density at radius 1 is 1.22 bits per heavy atom. The van der Waals surface area contributed by atoms with Crippen LogP contribution < -0.4 is 11.1 Å². The highest BCUT2D eigenvalue weighted by Gasteiger charge is 2.17. The third kappa shape index (κ3) is 2.93. The molecule has 0 aromatic carbocycles. The van der Waals surface area contributed by atoms with Crippen molar-refractivity contribution in [3.05, 3.63) is 61.4 Å². The van der Waals surface area contributed by atoms with Crippen molar-refractivity contribution < 1.29 is 4.79 Å². The van der Waals surface area contributed by atoms with Gasteiger partial charge in [0.05, 0.1) is 12.1 Å². The maximum atomic E-state index is 12.4. The Morgan fingerprint density at radius 3 is 2.74 bits per heavy atom. The van der Waals surface area contributed by atoms with Crippen LogP contribution in [0.1, 0.15) is 21.9 Å². The molecule has 7 nitrogen and oxygen atoms in total. The Kier molecular flexibility index (Phi) is 3.83. The van der Waals surface area contributed by atoms with Gasteiger partial charge in [0.15, 0.2) is 0 Å². The second-order valence-electron chi connectivity index (χ2n) is 5.19. The Balaban J connectivity index is 1.87. The Labute approximate surface area is 134 Å². The predicted molar refractivity (Wildman–Crippen MR) is 87.8 cm³/mol. The lowest BCUT2D eigenvalue weighted by molar-refractivity contribution is 0.0779. The third-order valence-corrected chi connectivity index (χ3v) is 4.29. The molecule has 0 unspecified atom stereocenters. The summed E-state index contributed by atoms with van der Waals surface area (Å²) in [6, 6.07) is 4.91. The molecule has 0 aliphatic carbocycles. The molecule has 0 aliphatic rings. The maximum absolute atomic E-state index is 12.4. The van der Waals surface area contributed by atoms with E-state index in [1.54, 1.807) is 31.5 Å². The lowest BCUT2D eigenvalue weighted by Crippen LogP contribution is -2.32. The number of rotatable bonds is 3. The van der Waals surface area contributed by atoms with Crippen LogP contribution in [0.2, 0.25) is 0 Å². The predicted octanol–water partition coefficient (Wildman–Crippen LogP) is 1.25. The van der Waals surface area contributed by atoms with Gasteiger partial charge in [-0.3, -0.25) is 14.4 Å². The summed E-state index contributed by atoms with van der Waals surface area (Å²) >= 11 is 1.32. The van der Waals surface area contributed by atoms with Crippen LogP contribution in [0.15, 0.2) is 33.2 Å². The zero-order valence-corrected chi connectivity index (χ0v) is 13.4. The minimum absolute atomic E-state index is 0.0528. The fourth-order valence-corrected chi connectivity index (χ4v) is 2.96. The van der Waals surface area contributed by atoms with Crippen LogP contribution in [-0.2, 0) is 6.54 Å². The number of nitrogens with one attached hydrogen (secondary N) is 2. The number of aryl methyl sites for hydroxylation is 1. The van der Waals surface area contributed by atoms with E-state index >= 15 is 0 Å². The zero-order valence-electron chi connectivity index (χ0n) is 12.5. The van der Waals surface area contributed by atoms with Gasteiger partial charge in [0.25, 0.3) is 17.0 Å². The van der Waals surface area contributed by atoms with Gasteiger partial charge < -0.3 is 14.9 Å². The Hall–Kier alpha value is -2.74. The molecule has 3 aromatic heterocycles. The number of thiophene rings is 1. The van der Waals surface area contributed by atoms with Crippen molar-refractivity contribution in [3.8, 4) is 0 Å². The number of pyridine rings is 1. The molecule has 2 N–H and O–H groups in total. The molecule has 118 valence electrons. The van der Waals surface area contributed by atoms with Gasteiger partial charge in [0.1, 0.15) is 16.1 Å². The summed E-state index contributed by atoms with van der Waals surface area (Å²) in [5.74, 6) is -0.0559. The summed E-state index contributed by atoms with van der Waals surface area (Å²) in [5.41, 5.74) is 0.675. The minimum atomic E-state index is -0.434. The van der Waals surface area contributed by atoms with Gasteiger partial charge >= 0.3 is 0 Å². The van der Waals surface area contributed by atoms with E-state index in [1.165, 1.54) is 22.3 Å². The molecule has 3 rings (SSSR count). The van der Waals surface area contributed by atoms with Crippen molar-refractivity contribution in [1.29, 1.82) is 0 Å². The van der Waals surface area contributed by atoms with Crippen LogP contribution >= 0.6 is 11.3 Å². The quantitative estimate of drug-likeness (QED) is 0.755. The van der Waals surface area contributed by atoms with Crippen molar-refractivity contribution in [1.82, 2.24) is 19.9 Å². The third-order valence-electron chi connectivity index (χ3n) is 3.38. The number of aromatic amines is 2. The summed E-state index contributed by atoms with van der Waals surface area (Å²) in [7, 11) is 1.56. The van der Waals surface area contributed by atoms with E-state index in [-0.39, 0.29) is 17.7 Å². The number of hydrogen-bond acceptors (Lipinski definition) is 5. The van der Waals surface area contributed by atoms with Crippen LogP contribution in [0.4, 0.5) is 0 Å². The van der Waals surface area contributed by atoms with Gasteiger partial charge in [-0.05, 0) is 30.5 Å². The molecule has 0 bridgehead atoms. The van der Waals surface area contributed by atoms with E-state index < -0.39 is 11.5 Å². The first-order valence-electron chi connectivity index (χ1n) is 6.87. The summed E-state index contributed by atoms with van der Waals surface area (Å²) < 4.78 is 0.553. The molecular formula is C15H14N4O3S. The van der Waals surface area contributed by atoms with E-state index in [2.05, 4.69) is 15.0 Å². The van der Waals surface area contributed by atoms with Crippen molar-refractivity contribution in [3.63, 3.8) is 0 Å². The second kappa shape index (κ2) is 5.81. The van der Waals surface area contributed by atoms with Crippen molar-refractivity contribution in [2.45, 2.75) is 13.5 Å². The van der Waals surface area contributed by atoms with Crippen LogP contribution in [0, 0.1) is 6.92 Å². The normalized spacial score (nSPS) is 10.9. The van der Waals surface area contributed by atoms with Gasteiger partial charge in [-0.1, -0.05) is 0 Å². The second-order valence-corrected chi connectivity index (χ2v) is 6.11. The number of nitrogens with zero attached hydrogens (tertiary/aromatic N) is 2. The summed E-state index contributed by atoms with van der Waals surface area (Å²) in [6.07, 6.45) is 0. The molecule has 0 aliphatic heterocycles. The number of fused-ring (bicyclic) bond motifs is 1. The first-order valence-corrected chi connectivity index (χ1v) is 7.75. The topological polar surface area (TPSA) is 98.9 Å². The van der Waals surface area contributed by atoms with Gasteiger partial charge in [-0.2, -0.15) is 0 Å². The molecule has 0 atom stereocenters. The minimum Gasteiger partial charge on any atom is -0.334 e. The molecule has 8 heteroatoms. The number of carbonyl (C=O) groups is 1. The van der Waals surface area contributed by atoms with Gasteiger partial charge in [-0.15, -0.1) is 11.3 Å². The summed E-state index contributed by atoms with van der Waals surface area (Å²) in [6.45, 7) is 1.84. The summed E-state index contributed by atoms with van der Waals surface area (Å²) in [4.78, 5) is 47.1. The molecular weight excluding hydrogens is 316 g/mol. The lowest BCUT2D eigenvalue weighted by Gasteiger charge is -2.16. The standard InChI is InChI=1S/C15H14N4O3S/c1-8-3-4-9(13(20)16-8)15(22)19(2)7-11-17-10-5-6-23-12(10)14(21)18-11/h3-6H,7H2,1-2H3,(H,16,20)(H,17,18,21). The SMILES string of the molecule is Cc1ccc(C(=O)N(C)Cc2nc3ccsc3c(=O)[nH]2)c(=O)[nH]1. The summed E-state index contributed by atoms with van der Waals surface area (Å²) in [5, 5.41) is 1.79. The average molecular weight is 330 g/mol. The smallest absolute Gasteiger partial charge is 0.268 e. The van der Waals surface area contributed by atoms with E-state index in [9.17, 15) is 14.4 Å². The van der Waals surface area contributed by atoms with E-state index in [1.807, 2.05) is 0 Å². The molecule has 3 aromatic rings. The fourth-order valence-electron chi connectivity index (χ4n) is 2.24. The zero-order chi connectivity index (χ0) is 16.6. The van der Waals surface area contributed by atoms with E-state index in [0.29, 0.717) is 21.7 Å². The number of carbonyl (C=O) groups excluding carboxylic acids is 1. The van der Waals surface area contributed by atoms with Crippen LogP contribution in [0.3, 0.4) is 0 Å². The van der Waals surface area contributed by atoms with Crippen molar-refractivity contribution in [2.24, 2.45) is 0 Å². The molecule has 3 heterocycles. The van der Waals surface area contributed by atoms with E-state index in [4.69, 9.17) is 0 Å². The average Bonchev–Trinajstić information content (AvgIpc) is 2.95. The lowest BCUT2D eigenvalue weighted by atomic mass is 10.2. The monoisotopic (exact) mass is 330 g/mol. The van der Waals surface area contributed by atoms with Gasteiger partial charge in [-0.25, -0.2) is 4.98 Å². The number of H-pyrrole nitrogens is 2. The number of aromatic nitrogens is 3. The van der Waals surface area contributed by atoms with Gasteiger partial charge in [0.2, 0.25) is 0 Å². The molecule has 1 amide bonds. The van der Waals surface area contributed by atoms with E-state index in [0.717, 1.165) is 0 Å². The Morgan fingerprint density at radius 2 is 2.00 bits per heavy atom. The first-order chi connectivity index (χ1) is 11.0. The molecule has 0 saturated heterocycles. The molecule has 0 saturated carbocycles. The molecule has 23 heavy (non-hydrogen) atoms. The highest BCUT2D eigenvalue weighted by Crippen LogP contribution is 2.14.